The number of hydrogen-bond acceptors (Lipinski definition) is 5. The van der Waals surface area contributed by atoms with Crippen LogP contribution in [0.1, 0.15) is 19.4 Å². The summed E-state index contributed by atoms with van der Waals surface area (Å²) in [6.45, 7) is 1.65. The van der Waals surface area contributed by atoms with Gasteiger partial charge in [-0.3, -0.25) is 9.59 Å². The maximum Gasteiger partial charge on any atom is 0.416 e. The molecule has 17 heteroatoms. The molecule has 0 bridgehead atoms. The lowest BCUT2D eigenvalue weighted by Crippen LogP contribution is -2.49. The van der Waals surface area contributed by atoms with Crippen LogP contribution in [0.5, 0.6) is 0 Å². The Morgan fingerprint density at radius 2 is 1.64 bits per heavy atom. The van der Waals surface area contributed by atoms with E-state index < -0.39 is 61.8 Å². The van der Waals surface area contributed by atoms with Gasteiger partial charge >= 0.3 is 16.4 Å². The van der Waals surface area contributed by atoms with E-state index in [9.17, 15) is 46.6 Å². The van der Waals surface area contributed by atoms with Crippen LogP contribution in [0, 0.1) is 0 Å². The zero-order valence-corrected chi connectivity index (χ0v) is 17.3. The fourth-order valence-corrected chi connectivity index (χ4v) is 2.90. The van der Waals surface area contributed by atoms with Crippen molar-refractivity contribution in [1.29, 1.82) is 0 Å². The molecule has 1 heterocycles. The van der Waals surface area contributed by atoms with Gasteiger partial charge in [0.25, 0.3) is 11.8 Å². The largest absolute Gasteiger partial charge is 0.416 e. The normalized spacial score (nSPS) is 15.3. The summed E-state index contributed by atoms with van der Waals surface area (Å²) in [4.78, 5) is 24.0. The summed E-state index contributed by atoms with van der Waals surface area (Å²) >= 11 is 0. The zero-order valence-electron chi connectivity index (χ0n) is 16.5. The quantitative estimate of drug-likeness (QED) is 0.199. The number of amides is 2. The first-order valence-electron chi connectivity index (χ1n) is 8.37. The van der Waals surface area contributed by atoms with Gasteiger partial charge in [-0.1, -0.05) is 19.4 Å². The van der Waals surface area contributed by atoms with Crippen molar-refractivity contribution in [3.63, 3.8) is 0 Å². The van der Waals surface area contributed by atoms with E-state index in [1.165, 1.54) is 0 Å². The molecule has 184 valence electrons. The number of halogens is 9. The van der Waals surface area contributed by atoms with Gasteiger partial charge in [0.15, 0.2) is 11.5 Å². The third-order valence-electron chi connectivity index (χ3n) is 3.78. The van der Waals surface area contributed by atoms with Crippen LogP contribution in [0.25, 0.3) is 17.6 Å². The van der Waals surface area contributed by atoms with E-state index in [0.717, 1.165) is 20.0 Å². The molecule has 2 N–H and O–H groups in total. The molecule has 0 spiro atoms. The van der Waals surface area contributed by atoms with Gasteiger partial charge in [-0.05, 0) is 32.0 Å². The number of hydrazine groups is 1. The lowest BCUT2D eigenvalue weighted by atomic mass is 10.1. The second-order valence-corrected chi connectivity index (χ2v) is 9.47. The minimum atomic E-state index is -10.5. The molecule has 7 nitrogen and oxygen atoms in total. The Balaban J connectivity index is 2.43. The van der Waals surface area contributed by atoms with Crippen molar-refractivity contribution in [2.75, 3.05) is 0 Å². The molecule has 2 aromatic rings. The molecule has 0 aliphatic carbocycles. The fraction of sp³-hybridized carbons (Fsp3) is 0.250. The van der Waals surface area contributed by atoms with E-state index in [-0.39, 0.29) is 17.1 Å². The van der Waals surface area contributed by atoms with Crippen LogP contribution in [0.4, 0.5) is 37.0 Å². The predicted octanol–water partition coefficient (Wildman–Crippen LogP) is 5.07. The van der Waals surface area contributed by atoms with Crippen LogP contribution in [0.3, 0.4) is 0 Å². The summed E-state index contributed by atoms with van der Waals surface area (Å²) < 4.78 is 119. The van der Waals surface area contributed by atoms with Crippen molar-refractivity contribution in [2.45, 2.75) is 30.6 Å². The molecule has 33 heavy (non-hydrogen) atoms. The monoisotopic (exact) mass is 511 g/mol. The molecule has 0 aliphatic rings. The minimum absolute atomic E-state index is 0.0813. The number of nitrogens with two attached hydrogens (primary N) is 1. The second kappa shape index (κ2) is 7.21. The lowest BCUT2D eigenvalue weighted by Gasteiger charge is -2.40. The highest BCUT2D eigenvalue weighted by Crippen LogP contribution is 3.02. The van der Waals surface area contributed by atoms with Gasteiger partial charge in [-0.2, -0.15) is 13.2 Å². The average molecular weight is 511 g/mol. The van der Waals surface area contributed by atoms with Gasteiger partial charge in [0, 0.05) is 17.8 Å². The number of benzene rings is 1. The lowest BCUT2D eigenvalue weighted by molar-refractivity contribution is -0.149. The zero-order chi connectivity index (χ0) is 25.7. The van der Waals surface area contributed by atoms with E-state index in [1.54, 1.807) is 0 Å². The molecule has 0 unspecified atom stereocenters. The van der Waals surface area contributed by atoms with E-state index in [4.69, 9.17) is 5.84 Å². The van der Waals surface area contributed by atoms with Gasteiger partial charge in [0.05, 0.1) is 5.56 Å². The van der Waals surface area contributed by atoms with E-state index in [1.807, 2.05) is 0 Å². The van der Waals surface area contributed by atoms with Gasteiger partial charge in [-0.15, -0.1) is 5.10 Å². The first-order chi connectivity index (χ1) is 14.5. The summed E-state index contributed by atoms with van der Waals surface area (Å²) in [6.07, 6.45) is -3.39. The Bertz CT molecular complexity index is 1140. The second-order valence-electron chi connectivity index (χ2n) is 7.06. The molecule has 0 aliphatic heterocycles. The SMILES string of the molecule is CC(C)(F)C(=O)N(N)C(=O)/C=C\n1cnc(-c2cc(C(F)(F)F)cc(S(F)(F)(F)(F)F)c2)n1. The van der Waals surface area contributed by atoms with Crippen molar-refractivity contribution in [2.24, 2.45) is 5.84 Å². The van der Waals surface area contributed by atoms with Crippen LogP contribution in [0.15, 0.2) is 35.5 Å². The summed E-state index contributed by atoms with van der Waals surface area (Å²) in [5.41, 5.74) is -5.55. The first-order valence-corrected chi connectivity index (χ1v) is 10.3. The van der Waals surface area contributed by atoms with E-state index >= 15 is 0 Å². The van der Waals surface area contributed by atoms with Crippen molar-refractivity contribution in [3.05, 3.63) is 36.2 Å². The van der Waals surface area contributed by atoms with E-state index in [2.05, 4.69) is 10.1 Å². The third kappa shape index (κ3) is 6.47. The van der Waals surface area contributed by atoms with Crippen molar-refractivity contribution >= 4 is 28.2 Å². The molecule has 0 radical (unpaired) electrons. The Hall–Kier alpha value is -3.08. The summed E-state index contributed by atoms with van der Waals surface area (Å²) in [6, 6.07) is -0.833. The molecule has 0 saturated carbocycles. The molecule has 1 aromatic carbocycles. The van der Waals surface area contributed by atoms with Crippen molar-refractivity contribution in [1.82, 2.24) is 19.8 Å². The fourth-order valence-electron chi connectivity index (χ4n) is 2.20. The molecule has 2 rings (SSSR count). The number of nitrogens with zero attached hydrogens (tertiary/aromatic N) is 4. The Morgan fingerprint density at radius 1 is 1.06 bits per heavy atom. The number of imide groups is 1. The van der Waals surface area contributed by atoms with Crippen LogP contribution in [-0.4, -0.2) is 37.3 Å². The Kier molecular flexibility index (Phi) is 5.72. The topological polar surface area (TPSA) is 94.1 Å². The van der Waals surface area contributed by atoms with E-state index in [0.29, 0.717) is 17.1 Å². The highest BCUT2D eigenvalue weighted by atomic mass is 32.5. The number of alkyl halides is 4. The minimum Gasteiger partial charge on any atom is -0.269 e. The number of carbonyl (C=O) groups is 2. The first kappa shape index (κ1) is 26.2. The highest BCUT2D eigenvalue weighted by molar-refractivity contribution is 8.45. The molecular weight excluding hydrogens is 497 g/mol. The Morgan fingerprint density at radius 3 is 2.12 bits per heavy atom. The smallest absolute Gasteiger partial charge is 0.269 e. The predicted molar refractivity (Wildman–Crippen MR) is 98.4 cm³/mol. The molecular formula is C16H14F9N5O2S. The number of hydrogen-bond donors (Lipinski definition) is 1. The van der Waals surface area contributed by atoms with Crippen LogP contribution in [0.2, 0.25) is 0 Å². The van der Waals surface area contributed by atoms with Crippen LogP contribution in [-0.2, 0) is 15.8 Å². The van der Waals surface area contributed by atoms with Crippen molar-refractivity contribution in [3.8, 4) is 11.4 Å². The Labute approximate surface area is 179 Å². The number of aromatic nitrogens is 3. The number of rotatable bonds is 5. The maximum absolute atomic E-state index is 13.5. The molecule has 2 amide bonds. The average Bonchev–Trinajstić information content (AvgIpc) is 3.10. The molecule has 1 aromatic heterocycles. The molecule has 0 atom stereocenters. The van der Waals surface area contributed by atoms with Gasteiger partial charge < -0.3 is 0 Å². The third-order valence-corrected chi connectivity index (χ3v) is 4.91. The maximum atomic E-state index is 13.5. The van der Waals surface area contributed by atoms with Crippen LogP contribution < -0.4 is 5.84 Å². The molecule has 0 fully saturated rings. The van der Waals surface area contributed by atoms with Gasteiger partial charge in [0.1, 0.15) is 11.2 Å². The van der Waals surface area contributed by atoms with Gasteiger partial charge in [-0.25, -0.2) is 24.9 Å². The summed E-state index contributed by atoms with van der Waals surface area (Å²) in [5, 5.41) is 3.40. The van der Waals surface area contributed by atoms with Crippen molar-refractivity contribution < 1.29 is 46.6 Å². The summed E-state index contributed by atoms with van der Waals surface area (Å²) in [5.74, 6) is 1.66. The standard InChI is InChI=1S/C16H14F9N5O2S/c1-15(2,17)14(32)30(26)12(31)3-4-29-8-27-13(28-29)9-5-10(16(18,19)20)7-11(6-9)33(21,22,23,24)25/h3-8H,26H2,1-2H3/b4-3-. The molecule has 0 saturated heterocycles. The van der Waals surface area contributed by atoms with Crippen LogP contribution >= 0.6 is 10.2 Å². The summed E-state index contributed by atoms with van der Waals surface area (Å²) in [7, 11) is -10.5. The van der Waals surface area contributed by atoms with Gasteiger partial charge in [0.2, 0.25) is 0 Å². The number of carbonyl (C=O) groups excluding carboxylic acids is 2. The highest BCUT2D eigenvalue weighted by Gasteiger charge is 2.66.